The van der Waals surface area contributed by atoms with E-state index in [2.05, 4.69) is 106 Å². The molecular weight excluding hydrogens is 537 g/mol. The van der Waals surface area contributed by atoms with Crippen LogP contribution in [-0.2, 0) is 8.85 Å². The van der Waals surface area contributed by atoms with Gasteiger partial charge in [0.25, 0.3) is 0 Å². The highest BCUT2D eigenvalue weighted by Gasteiger charge is 2.50. The van der Waals surface area contributed by atoms with Gasteiger partial charge in [-0.25, -0.2) is 0 Å². The number of rotatable bonds is 8. The van der Waals surface area contributed by atoms with Crippen LogP contribution in [0.4, 0.5) is 0 Å². The lowest BCUT2D eigenvalue weighted by Gasteiger charge is -2.45. The van der Waals surface area contributed by atoms with E-state index in [1.165, 1.54) is 43.3 Å². The molecule has 3 rings (SSSR count). The molecule has 0 aromatic carbocycles. The van der Waals surface area contributed by atoms with Gasteiger partial charge in [0.1, 0.15) is 0 Å². The van der Waals surface area contributed by atoms with Gasteiger partial charge in [-0.3, -0.25) is 0 Å². The van der Waals surface area contributed by atoms with Gasteiger partial charge in [-0.1, -0.05) is 91.8 Å². The van der Waals surface area contributed by atoms with Crippen LogP contribution in [0.1, 0.15) is 100 Å². The summed E-state index contributed by atoms with van der Waals surface area (Å²) in [6.45, 7) is 33.1. The molecule has 3 aliphatic carbocycles. The summed E-state index contributed by atoms with van der Waals surface area (Å²) >= 11 is 0. The third-order valence-electron chi connectivity index (χ3n) is 12.0. The van der Waals surface area contributed by atoms with Crippen LogP contribution in [0.25, 0.3) is 0 Å². The van der Waals surface area contributed by atoms with E-state index in [4.69, 9.17) is 8.85 Å². The molecule has 6 atom stereocenters. The molecule has 0 aromatic rings. The number of hydrogen-bond acceptors (Lipinski definition) is 3. The highest BCUT2D eigenvalue weighted by molar-refractivity contribution is 6.74. The Kier molecular flexibility index (Phi) is 10.8. The fraction of sp³-hybridized carbons (Fsp3) is 0.778. The average Bonchev–Trinajstić information content (AvgIpc) is 3.19. The summed E-state index contributed by atoms with van der Waals surface area (Å²) in [7, 11) is -3.89. The van der Waals surface area contributed by atoms with E-state index in [0.717, 1.165) is 12.8 Å². The maximum absolute atomic E-state index is 9.33. The minimum atomic E-state index is -1.97. The van der Waals surface area contributed by atoms with E-state index in [-0.39, 0.29) is 28.9 Å². The Labute approximate surface area is 256 Å². The summed E-state index contributed by atoms with van der Waals surface area (Å²) in [6, 6.07) is 0. The number of hydrogen-bond donors (Lipinski definition) is 1. The molecular formula is C36H64O3Si2. The fourth-order valence-electron chi connectivity index (χ4n) is 7.32. The van der Waals surface area contributed by atoms with Crippen LogP contribution in [0.3, 0.4) is 0 Å². The fourth-order valence-corrected chi connectivity index (χ4v) is 9.99. The van der Waals surface area contributed by atoms with Gasteiger partial charge in [0.2, 0.25) is 0 Å². The Hall–Kier alpha value is -0.726. The summed E-state index contributed by atoms with van der Waals surface area (Å²) in [5.41, 5.74) is 4.48. The van der Waals surface area contributed by atoms with Crippen molar-refractivity contribution in [1.29, 1.82) is 0 Å². The maximum atomic E-state index is 9.33. The molecule has 3 nitrogen and oxygen atoms in total. The lowest BCUT2D eigenvalue weighted by molar-refractivity contribution is 0.0969. The van der Waals surface area contributed by atoms with Crippen LogP contribution >= 0.6 is 0 Å². The van der Waals surface area contributed by atoms with Crippen molar-refractivity contribution in [3.63, 3.8) is 0 Å². The first kappa shape index (κ1) is 34.8. The lowest BCUT2D eigenvalue weighted by Crippen LogP contribution is -2.49. The highest BCUT2D eigenvalue weighted by Crippen LogP contribution is 2.59. The molecule has 0 aromatic heterocycles. The van der Waals surface area contributed by atoms with E-state index in [1.54, 1.807) is 5.57 Å². The van der Waals surface area contributed by atoms with Gasteiger partial charge >= 0.3 is 0 Å². The summed E-state index contributed by atoms with van der Waals surface area (Å²) in [6.07, 6.45) is 17.5. The van der Waals surface area contributed by atoms with Crippen molar-refractivity contribution in [3.05, 3.63) is 47.6 Å². The normalized spacial score (nSPS) is 33.1. The van der Waals surface area contributed by atoms with Gasteiger partial charge in [0, 0.05) is 6.42 Å². The summed E-state index contributed by atoms with van der Waals surface area (Å²) < 4.78 is 14.1. The number of allylic oxidation sites excluding steroid dienone is 4. The minimum Gasteiger partial charge on any atom is -0.413 e. The van der Waals surface area contributed by atoms with E-state index in [1.807, 2.05) is 6.08 Å². The molecule has 0 saturated heterocycles. The molecule has 41 heavy (non-hydrogen) atoms. The molecule has 0 spiro atoms. The maximum Gasteiger partial charge on any atom is 0.192 e. The molecule has 3 saturated carbocycles. The number of fused-ring (bicyclic) bond motifs is 1. The Morgan fingerprint density at radius 3 is 2.20 bits per heavy atom. The van der Waals surface area contributed by atoms with Crippen molar-refractivity contribution in [3.8, 4) is 0 Å². The Bertz CT molecular complexity index is 1020. The molecule has 234 valence electrons. The second-order valence-electron chi connectivity index (χ2n) is 16.8. The van der Waals surface area contributed by atoms with Gasteiger partial charge in [-0.15, -0.1) is 0 Å². The standard InChI is InChI=1S/C36H64O3Si2/c1-26(16-15-23-37)31-20-21-32-28(17-14-22-36(31,32)9)18-19-29-24-30(38-40(10,11)34(3,4)5)25-33(27(29)2)39-41(12,13)35(6,7)8/h15-16,18-19,26,30-33,37H,2,14,17,20-25H2,1,3-13H3/b16-15+,28-18+,29-19-/t26-,30-,31-,32+,33+,36-/m1/s1. The SMILES string of the molecule is C=C1/C(=C\C=C2/CCC[C@]3(C)[C@@H]([C@H](C)/C=C/CO)CC[C@@H]23)C[C@@H](O[Si](C)(C)C(C)(C)C)C[C@@H]1O[Si](C)(C)C(C)(C)C. The zero-order valence-corrected chi connectivity index (χ0v) is 30.8. The average molecular weight is 601 g/mol. The van der Waals surface area contributed by atoms with Gasteiger partial charge < -0.3 is 14.0 Å². The van der Waals surface area contributed by atoms with Crippen molar-refractivity contribution in [2.75, 3.05) is 6.61 Å². The van der Waals surface area contributed by atoms with E-state index in [9.17, 15) is 5.11 Å². The third kappa shape index (κ3) is 7.68. The third-order valence-corrected chi connectivity index (χ3v) is 21.0. The molecule has 1 N–H and O–H groups in total. The Balaban J connectivity index is 1.92. The molecule has 0 aliphatic heterocycles. The molecule has 0 heterocycles. The molecule has 0 radical (unpaired) electrons. The van der Waals surface area contributed by atoms with Crippen LogP contribution in [0.15, 0.2) is 47.6 Å². The van der Waals surface area contributed by atoms with E-state index < -0.39 is 16.6 Å². The topological polar surface area (TPSA) is 38.7 Å². The summed E-state index contributed by atoms with van der Waals surface area (Å²) in [5, 5.41) is 9.66. The van der Waals surface area contributed by atoms with Gasteiger partial charge in [-0.05, 0) is 109 Å². The molecule has 0 amide bonds. The molecule has 5 heteroatoms. The number of aliphatic hydroxyl groups excluding tert-OH is 1. The zero-order chi connectivity index (χ0) is 31.0. The quantitative estimate of drug-likeness (QED) is 0.222. The van der Waals surface area contributed by atoms with E-state index >= 15 is 0 Å². The summed E-state index contributed by atoms with van der Waals surface area (Å²) in [5.74, 6) is 1.84. The molecule has 0 unspecified atom stereocenters. The van der Waals surface area contributed by atoms with Crippen molar-refractivity contribution < 1.29 is 14.0 Å². The molecule has 0 bridgehead atoms. The van der Waals surface area contributed by atoms with Crippen molar-refractivity contribution in [2.24, 2.45) is 23.2 Å². The van der Waals surface area contributed by atoms with Crippen molar-refractivity contribution >= 4 is 16.6 Å². The first-order valence-corrected chi connectivity index (χ1v) is 22.3. The zero-order valence-electron chi connectivity index (χ0n) is 28.8. The van der Waals surface area contributed by atoms with Crippen LogP contribution in [-0.4, -0.2) is 40.6 Å². The van der Waals surface area contributed by atoms with Crippen LogP contribution in [0, 0.1) is 23.2 Å². The van der Waals surface area contributed by atoms with Crippen molar-refractivity contribution in [1.82, 2.24) is 0 Å². The minimum absolute atomic E-state index is 0.0238. The Morgan fingerprint density at radius 2 is 1.61 bits per heavy atom. The first-order chi connectivity index (χ1) is 18.7. The Morgan fingerprint density at radius 1 is 1.00 bits per heavy atom. The monoisotopic (exact) mass is 600 g/mol. The van der Waals surface area contributed by atoms with E-state index in [0.29, 0.717) is 23.2 Å². The van der Waals surface area contributed by atoms with Gasteiger partial charge in [-0.2, -0.15) is 0 Å². The molecule has 3 aliphatic rings. The predicted molar refractivity (Wildman–Crippen MR) is 182 cm³/mol. The summed E-state index contributed by atoms with van der Waals surface area (Å²) in [4.78, 5) is 0. The van der Waals surface area contributed by atoms with Crippen LogP contribution in [0.5, 0.6) is 0 Å². The smallest absolute Gasteiger partial charge is 0.192 e. The van der Waals surface area contributed by atoms with Gasteiger partial charge in [0.15, 0.2) is 16.6 Å². The lowest BCUT2D eigenvalue weighted by atomic mass is 9.61. The highest BCUT2D eigenvalue weighted by atomic mass is 28.4. The molecule has 3 fully saturated rings. The number of aliphatic hydroxyl groups is 1. The second-order valence-corrected chi connectivity index (χ2v) is 26.3. The van der Waals surface area contributed by atoms with Gasteiger partial charge in [0.05, 0.1) is 18.8 Å². The second kappa shape index (κ2) is 12.7. The van der Waals surface area contributed by atoms with Crippen molar-refractivity contribution in [2.45, 2.75) is 149 Å². The van der Waals surface area contributed by atoms with Crippen LogP contribution in [0.2, 0.25) is 36.3 Å². The largest absolute Gasteiger partial charge is 0.413 e. The first-order valence-electron chi connectivity index (χ1n) is 16.5. The van der Waals surface area contributed by atoms with Crippen LogP contribution < -0.4 is 0 Å². The predicted octanol–water partition coefficient (Wildman–Crippen LogP) is 10.4.